The molecule has 0 atom stereocenters. The summed E-state index contributed by atoms with van der Waals surface area (Å²) in [7, 11) is -1.35. The first-order valence-electron chi connectivity index (χ1n) is 10.8. The molecule has 2 heterocycles. The predicted molar refractivity (Wildman–Crippen MR) is 122 cm³/mol. The fourth-order valence-corrected chi connectivity index (χ4v) is 5.03. The highest BCUT2D eigenvalue weighted by atomic mass is 32.2. The van der Waals surface area contributed by atoms with Crippen LogP contribution in [0.25, 0.3) is 0 Å². The van der Waals surface area contributed by atoms with Crippen molar-refractivity contribution in [3.8, 4) is 0 Å². The van der Waals surface area contributed by atoms with Gasteiger partial charge in [0, 0.05) is 57.0 Å². The summed E-state index contributed by atoms with van der Waals surface area (Å²) in [6, 6.07) is 6.44. The first kappa shape index (κ1) is 26.7. The van der Waals surface area contributed by atoms with Crippen LogP contribution in [0.4, 0.5) is 0 Å². The summed E-state index contributed by atoms with van der Waals surface area (Å²) in [5.74, 6) is -2.47. The number of sulfonamides is 1. The molecule has 1 aromatic rings. The number of piperazine rings is 1. The molecular weight excluding hydrogens is 450 g/mol. The number of benzene rings is 1. The Morgan fingerprint density at radius 1 is 0.848 bits per heavy atom. The van der Waals surface area contributed by atoms with Gasteiger partial charge in [0.05, 0.1) is 11.4 Å². The molecule has 2 aliphatic heterocycles. The van der Waals surface area contributed by atoms with Gasteiger partial charge in [-0.15, -0.1) is 0 Å². The quantitative estimate of drug-likeness (QED) is 0.432. The molecule has 2 fully saturated rings. The molecule has 182 valence electrons. The highest BCUT2D eigenvalue weighted by molar-refractivity contribution is 7.89. The second-order valence-electron chi connectivity index (χ2n) is 8.00. The third kappa shape index (κ3) is 8.69. The van der Waals surface area contributed by atoms with Crippen LogP contribution in [0.3, 0.4) is 0 Å². The van der Waals surface area contributed by atoms with E-state index in [1.54, 1.807) is 28.6 Å². The predicted octanol–water partition coefficient (Wildman–Crippen LogP) is 1.00. The fraction of sp³-hybridized carbons (Fsp3) is 0.500. The van der Waals surface area contributed by atoms with Crippen molar-refractivity contribution in [1.82, 2.24) is 14.1 Å². The van der Waals surface area contributed by atoms with Crippen LogP contribution in [0.5, 0.6) is 0 Å². The third-order valence-electron chi connectivity index (χ3n) is 5.46. The third-order valence-corrected chi connectivity index (χ3v) is 7.37. The summed E-state index contributed by atoms with van der Waals surface area (Å²) in [5, 5.41) is 15.6. The minimum atomic E-state index is -3.43. The number of carbonyl (C=O) groups is 3. The Balaban J connectivity index is 0.000000414. The number of ketones is 1. The van der Waals surface area contributed by atoms with Crippen molar-refractivity contribution in [2.75, 3.05) is 52.9 Å². The smallest absolute Gasteiger partial charge is 0.328 e. The van der Waals surface area contributed by atoms with Gasteiger partial charge in [-0.25, -0.2) is 18.0 Å². The van der Waals surface area contributed by atoms with E-state index in [2.05, 4.69) is 16.8 Å². The fourth-order valence-electron chi connectivity index (χ4n) is 3.51. The molecule has 2 aliphatic rings. The van der Waals surface area contributed by atoms with E-state index >= 15 is 0 Å². The molecule has 0 aromatic heterocycles. The van der Waals surface area contributed by atoms with Gasteiger partial charge in [-0.2, -0.15) is 4.31 Å². The van der Waals surface area contributed by atoms with E-state index in [9.17, 15) is 22.8 Å². The number of piperidine rings is 1. The van der Waals surface area contributed by atoms with Gasteiger partial charge < -0.3 is 15.1 Å². The maximum absolute atomic E-state index is 12.6. The van der Waals surface area contributed by atoms with Gasteiger partial charge in [0.1, 0.15) is 0 Å². The van der Waals surface area contributed by atoms with Gasteiger partial charge in [0.2, 0.25) is 10.0 Å². The van der Waals surface area contributed by atoms with Gasteiger partial charge in [0.15, 0.2) is 5.78 Å². The van der Waals surface area contributed by atoms with Crippen molar-refractivity contribution in [2.24, 2.45) is 0 Å². The van der Waals surface area contributed by atoms with E-state index < -0.39 is 22.0 Å². The molecule has 3 rings (SSSR count). The number of aliphatic carboxylic acids is 2. The van der Waals surface area contributed by atoms with E-state index in [1.807, 2.05) is 0 Å². The van der Waals surface area contributed by atoms with Crippen molar-refractivity contribution in [2.45, 2.75) is 24.2 Å². The van der Waals surface area contributed by atoms with Crippen molar-refractivity contribution in [3.63, 3.8) is 0 Å². The summed E-state index contributed by atoms with van der Waals surface area (Å²) in [5.41, 5.74) is 0.580. The van der Waals surface area contributed by atoms with Gasteiger partial charge in [-0.05, 0) is 32.0 Å². The topological polar surface area (TPSA) is 136 Å². The Kier molecular flexibility index (Phi) is 10.2. The Hall–Kier alpha value is -2.60. The lowest BCUT2D eigenvalue weighted by molar-refractivity contribution is -0.134. The van der Waals surface area contributed by atoms with Gasteiger partial charge in [-0.3, -0.25) is 9.69 Å². The van der Waals surface area contributed by atoms with E-state index in [-0.39, 0.29) is 10.7 Å². The van der Waals surface area contributed by atoms with Crippen molar-refractivity contribution < 1.29 is 33.0 Å². The molecule has 0 amide bonds. The number of hydrogen-bond donors (Lipinski definition) is 2. The van der Waals surface area contributed by atoms with Crippen LogP contribution in [0.1, 0.15) is 29.6 Å². The number of likely N-dealkylation sites (N-methyl/N-ethyl adjacent to an activating group) is 1. The van der Waals surface area contributed by atoms with Gasteiger partial charge >= 0.3 is 11.9 Å². The van der Waals surface area contributed by atoms with E-state index in [0.717, 1.165) is 45.4 Å². The standard InChI is InChI=1S/C18H27N3O3S.C4H4O4/c1-19-11-13-20(14-12-19)15-18(22)16-5-7-17(8-6-16)25(23,24)21-9-3-2-4-10-21;5-3(6)1-2-4(7)8/h5-8H,2-4,9-15H2,1H3;1-2H,(H,5,6)(H,7,8)/b;2-1-. The molecule has 11 heteroatoms. The van der Waals surface area contributed by atoms with Crippen LogP contribution in [-0.2, 0) is 19.6 Å². The molecule has 2 N–H and O–H groups in total. The number of hydrogen-bond acceptors (Lipinski definition) is 7. The van der Waals surface area contributed by atoms with Gasteiger partial charge in [0.25, 0.3) is 0 Å². The second-order valence-corrected chi connectivity index (χ2v) is 9.94. The van der Waals surface area contributed by atoms with Crippen LogP contribution in [0.2, 0.25) is 0 Å². The van der Waals surface area contributed by atoms with Crippen molar-refractivity contribution in [1.29, 1.82) is 0 Å². The summed E-state index contributed by atoms with van der Waals surface area (Å²) >= 11 is 0. The average molecular weight is 482 g/mol. The Labute approximate surface area is 194 Å². The minimum absolute atomic E-state index is 0.0477. The summed E-state index contributed by atoms with van der Waals surface area (Å²) < 4.78 is 26.8. The SMILES string of the molecule is CN1CCN(CC(=O)c2ccc(S(=O)(=O)N3CCCCC3)cc2)CC1.O=C(O)/C=C\C(=O)O. The van der Waals surface area contributed by atoms with Gasteiger partial charge in [-0.1, -0.05) is 18.6 Å². The van der Waals surface area contributed by atoms with E-state index in [1.165, 1.54) is 0 Å². The molecule has 0 radical (unpaired) electrons. The van der Waals surface area contributed by atoms with E-state index in [4.69, 9.17) is 10.2 Å². The molecule has 0 bridgehead atoms. The zero-order valence-electron chi connectivity index (χ0n) is 18.7. The zero-order valence-corrected chi connectivity index (χ0v) is 19.5. The molecule has 0 unspecified atom stereocenters. The normalized spacial score (nSPS) is 18.5. The monoisotopic (exact) mass is 481 g/mol. The summed E-state index contributed by atoms with van der Waals surface area (Å²) in [4.78, 5) is 36.2. The largest absolute Gasteiger partial charge is 0.478 e. The van der Waals surface area contributed by atoms with Crippen LogP contribution in [0, 0.1) is 0 Å². The van der Waals surface area contributed by atoms with Crippen molar-refractivity contribution in [3.05, 3.63) is 42.0 Å². The minimum Gasteiger partial charge on any atom is -0.478 e. The molecule has 2 saturated heterocycles. The lowest BCUT2D eigenvalue weighted by Gasteiger charge is -2.31. The first-order chi connectivity index (χ1) is 15.6. The molecule has 33 heavy (non-hydrogen) atoms. The molecule has 10 nitrogen and oxygen atoms in total. The lowest BCUT2D eigenvalue weighted by atomic mass is 10.1. The molecular formula is C22H31N3O7S. The summed E-state index contributed by atoms with van der Waals surface area (Å²) in [6.07, 6.45) is 4.04. The van der Waals surface area contributed by atoms with Crippen molar-refractivity contribution >= 4 is 27.7 Å². The summed E-state index contributed by atoms with van der Waals surface area (Å²) in [6.45, 7) is 5.30. The van der Waals surface area contributed by atoms with Crippen LogP contribution in [-0.4, -0.2) is 103 Å². The first-order valence-corrected chi connectivity index (χ1v) is 12.2. The van der Waals surface area contributed by atoms with Crippen LogP contribution >= 0.6 is 0 Å². The van der Waals surface area contributed by atoms with Crippen LogP contribution in [0.15, 0.2) is 41.3 Å². The van der Waals surface area contributed by atoms with Crippen LogP contribution < -0.4 is 0 Å². The molecule has 0 saturated carbocycles. The molecule has 0 spiro atoms. The molecule has 1 aromatic carbocycles. The number of nitrogens with zero attached hydrogens (tertiary/aromatic N) is 3. The maximum atomic E-state index is 12.6. The number of Topliss-reactive ketones (excluding diaryl/α,β-unsaturated/α-hetero) is 1. The number of carboxylic acid groups (broad SMARTS) is 2. The molecule has 0 aliphatic carbocycles. The number of carboxylic acids is 2. The average Bonchev–Trinajstić information content (AvgIpc) is 2.80. The van der Waals surface area contributed by atoms with E-state index in [0.29, 0.717) is 37.3 Å². The number of rotatable bonds is 7. The second kappa shape index (κ2) is 12.6. The maximum Gasteiger partial charge on any atom is 0.328 e. The highest BCUT2D eigenvalue weighted by Gasteiger charge is 2.26. The Morgan fingerprint density at radius 3 is 1.85 bits per heavy atom. The number of carbonyl (C=O) groups excluding carboxylic acids is 1. The Bertz CT molecular complexity index is 931. The highest BCUT2D eigenvalue weighted by Crippen LogP contribution is 2.21. The Morgan fingerprint density at radius 2 is 1.36 bits per heavy atom. The zero-order chi connectivity index (χ0) is 24.4. The lowest BCUT2D eigenvalue weighted by Crippen LogP contribution is -2.46.